The highest BCUT2D eigenvalue weighted by atomic mass is 28.3. The molecule has 0 aromatic heterocycles. The maximum absolute atomic E-state index is 4.28. The Balaban J connectivity index is 5.89. The van der Waals surface area contributed by atoms with Gasteiger partial charge in [-0.3, -0.25) is 0 Å². The van der Waals surface area contributed by atoms with E-state index in [1.54, 1.807) is 0 Å². The first-order valence-electron chi connectivity index (χ1n) is 26.3. The van der Waals surface area contributed by atoms with Crippen LogP contribution in [0.5, 0.6) is 0 Å². The average molecular weight is 992 g/mol. The van der Waals surface area contributed by atoms with E-state index in [1.807, 2.05) is 0 Å². The first-order chi connectivity index (χ1) is 29.9. The van der Waals surface area contributed by atoms with E-state index in [0.717, 1.165) is 27.8 Å². The van der Waals surface area contributed by atoms with Gasteiger partial charge in [0.15, 0.2) is 0 Å². The molecule has 0 unspecified atom stereocenters. The summed E-state index contributed by atoms with van der Waals surface area (Å²) in [6.45, 7) is 72.7. The summed E-state index contributed by atoms with van der Waals surface area (Å²) in [7, 11) is -12.8. The van der Waals surface area contributed by atoms with Gasteiger partial charge < -0.3 is 0 Å². The van der Waals surface area contributed by atoms with Crippen molar-refractivity contribution in [1.29, 1.82) is 0 Å². The van der Waals surface area contributed by atoms with Crippen molar-refractivity contribution in [1.82, 2.24) is 0 Å². The normalized spacial score (nSPS) is 13.0. The van der Waals surface area contributed by atoms with E-state index in [1.165, 1.54) is 5.19 Å². The van der Waals surface area contributed by atoms with Gasteiger partial charge in [0.1, 0.15) is 40.4 Å². The molecule has 0 heterocycles. The lowest BCUT2D eigenvalue weighted by Gasteiger charge is -2.38. The summed E-state index contributed by atoms with van der Waals surface area (Å²) in [5.41, 5.74) is 31.6. The van der Waals surface area contributed by atoms with E-state index < -0.39 is 48.4 Å². The SMILES string of the molecule is CC(C)[Si](C#Cc1c(C#C[Si](C(C)C)(C(C)C)C(C)C)c(C#CC#C[Si](C)(C)C)c([Si](C)(C)C)c(C#C[Si](C(C)C)(C(C)C)C(C)C)c1C#C[Si](C(C)C)(C(C)C)C(C)C)(C(C)C)C(C)C. The van der Waals surface area contributed by atoms with Crippen LogP contribution in [0.1, 0.15) is 194 Å². The largest absolute Gasteiger partial charge is 0.146 e. The Morgan fingerprint density at radius 2 is 0.439 bits per heavy atom. The van der Waals surface area contributed by atoms with Crippen molar-refractivity contribution >= 4 is 53.6 Å². The van der Waals surface area contributed by atoms with Gasteiger partial charge >= 0.3 is 0 Å². The van der Waals surface area contributed by atoms with Crippen molar-refractivity contribution in [2.45, 2.75) is 272 Å². The highest BCUT2D eigenvalue weighted by Gasteiger charge is 2.45. The summed E-state index contributed by atoms with van der Waals surface area (Å²) in [4.78, 5) is 0. The number of rotatable bonds is 13. The maximum atomic E-state index is 4.28. The molecule has 1 aromatic carbocycles. The molecular weight excluding hydrogens is 889 g/mol. The van der Waals surface area contributed by atoms with Crippen LogP contribution in [0.15, 0.2) is 0 Å². The minimum absolute atomic E-state index is 0.478. The Hall–Kier alpha value is -2.12. The van der Waals surface area contributed by atoms with Gasteiger partial charge in [0.2, 0.25) is 0 Å². The summed E-state index contributed by atoms with van der Waals surface area (Å²) in [6.07, 6.45) is 0. The lowest BCUT2D eigenvalue weighted by molar-refractivity contribution is 0.838. The third-order valence-electron chi connectivity index (χ3n) is 16.0. The smallest absolute Gasteiger partial charge is 0.125 e. The van der Waals surface area contributed by atoms with Crippen LogP contribution in [0.2, 0.25) is 106 Å². The van der Waals surface area contributed by atoms with Gasteiger partial charge in [-0.05, 0) is 83.5 Å². The fourth-order valence-electron chi connectivity index (χ4n) is 12.9. The fourth-order valence-corrected chi connectivity index (χ4v) is 36.0. The Kier molecular flexibility index (Phi) is 22.6. The van der Waals surface area contributed by atoms with E-state index >= 15 is 0 Å². The highest BCUT2D eigenvalue weighted by molar-refractivity contribution is 6.93. The predicted octanol–water partition coefficient (Wildman–Crippen LogP) is 17.7. The molecule has 0 aliphatic heterocycles. The minimum atomic E-state index is -2.26. The molecule has 1 rings (SSSR count). The molecule has 0 amide bonds. The molecule has 0 fully saturated rings. The molecule has 366 valence electrons. The molecule has 1 aromatic rings. The molecule has 0 radical (unpaired) electrons. The second-order valence-corrected chi connectivity index (χ2v) is 57.9. The summed E-state index contributed by atoms with van der Waals surface area (Å²) in [5, 5.41) is 1.30. The van der Waals surface area contributed by atoms with Crippen LogP contribution in [0.3, 0.4) is 0 Å². The fraction of sp³-hybridized carbons (Fsp3) is 0.700. The molecule has 6 heteroatoms. The summed E-state index contributed by atoms with van der Waals surface area (Å²) < 4.78 is 0. The topological polar surface area (TPSA) is 0 Å². The van der Waals surface area contributed by atoms with E-state index in [2.05, 4.69) is 275 Å². The molecule has 0 nitrogen and oxygen atoms in total. The Labute approximate surface area is 419 Å². The molecule has 0 aliphatic rings. The standard InChI is InChI=1S/C60H102Si6/c1-43(2)63(44(3)4,45(5)6)39-34-55-56(35-40-64(46(7)8,47(9)10)48(11)12)58(33-31-32-38-61(25,26)27)60(62(28,29)30)59(37-42-66(52(19)20,53(21)22)54(23)24)57(55)36-41-65(49(13)14,50(15)16)51(17)18/h43-54H,1-30H3. The predicted molar refractivity (Wildman–Crippen MR) is 319 cm³/mol. The van der Waals surface area contributed by atoms with E-state index in [9.17, 15) is 0 Å². The van der Waals surface area contributed by atoms with Crippen molar-refractivity contribution in [3.8, 4) is 69.2 Å². The number of benzene rings is 1. The second-order valence-electron chi connectivity index (χ2n) is 25.8. The van der Waals surface area contributed by atoms with Crippen LogP contribution in [-0.2, 0) is 0 Å². The average Bonchev–Trinajstić information content (AvgIpc) is 3.12. The third kappa shape index (κ3) is 13.2. The molecular formula is C60H102Si6. The highest BCUT2D eigenvalue weighted by Crippen LogP contribution is 2.45. The number of hydrogen-bond donors (Lipinski definition) is 0. The van der Waals surface area contributed by atoms with Crippen molar-refractivity contribution in [3.05, 3.63) is 27.8 Å². The quantitative estimate of drug-likeness (QED) is 0.136. The molecule has 0 atom stereocenters. The molecule has 0 N–H and O–H groups in total. The summed E-state index contributed by atoms with van der Waals surface area (Å²) >= 11 is 0. The van der Waals surface area contributed by atoms with E-state index in [0.29, 0.717) is 66.5 Å². The lowest BCUT2D eigenvalue weighted by atomic mass is 9.92. The van der Waals surface area contributed by atoms with Gasteiger partial charge in [0.25, 0.3) is 0 Å². The van der Waals surface area contributed by atoms with Crippen LogP contribution >= 0.6 is 0 Å². The van der Waals surface area contributed by atoms with Crippen LogP contribution in [0.25, 0.3) is 0 Å². The Morgan fingerprint density at radius 3 is 0.636 bits per heavy atom. The second kappa shape index (κ2) is 24.1. The number of hydrogen-bond acceptors (Lipinski definition) is 0. The van der Waals surface area contributed by atoms with Gasteiger partial charge in [-0.25, -0.2) is 0 Å². The van der Waals surface area contributed by atoms with Crippen LogP contribution in [0.4, 0.5) is 0 Å². The zero-order chi connectivity index (χ0) is 51.9. The van der Waals surface area contributed by atoms with E-state index in [4.69, 9.17) is 0 Å². The zero-order valence-corrected chi connectivity index (χ0v) is 54.9. The Bertz CT molecular complexity index is 2120. The lowest BCUT2D eigenvalue weighted by Crippen LogP contribution is -2.45. The van der Waals surface area contributed by atoms with Crippen molar-refractivity contribution in [3.63, 3.8) is 0 Å². The summed E-state index contributed by atoms with van der Waals surface area (Å²) in [5.74, 6) is 27.4. The molecule has 0 bridgehead atoms. The monoisotopic (exact) mass is 991 g/mol. The summed E-state index contributed by atoms with van der Waals surface area (Å²) in [6, 6.07) is 0. The van der Waals surface area contributed by atoms with Gasteiger partial charge in [-0.15, -0.1) is 27.7 Å². The van der Waals surface area contributed by atoms with Crippen LogP contribution < -0.4 is 5.19 Å². The molecule has 0 aliphatic carbocycles. The van der Waals surface area contributed by atoms with Gasteiger partial charge in [0.05, 0.1) is 24.8 Å². The van der Waals surface area contributed by atoms with Crippen LogP contribution in [-0.4, -0.2) is 48.4 Å². The van der Waals surface area contributed by atoms with Crippen molar-refractivity contribution < 1.29 is 0 Å². The zero-order valence-electron chi connectivity index (χ0n) is 48.9. The molecule has 0 spiro atoms. The maximum Gasteiger partial charge on any atom is 0.146 e. The molecule has 66 heavy (non-hydrogen) atoms. The third-order valence-corrected chi connectivity index (χ3v) is 44.1. The van der Waals surface area contributed by atoms with Crippen molar-refractivity contribution in [2.75, 3.05) is 0 Å². The first kappa shape index (κ1) is 61.9. The van der Waals surface area contributed by atoms with Gasteiger partial charge in [0, 0.05) is 11.1 Å². The molecule has 0 saturated heterocycles. The Morgan fingerprint density at radius 1 is 0.242 bits per heavy atom. The van der Waals surface area contributed by atoms with Gasteiger partial charge in [-0.1, -0.05) is 235 Å². The van der Waals surface area contributed by atoms with Gasteiger partial charge in [-0.2, -0.15) is 0 Å². The first-order valence-corrected chi connectivity index (χ1v) is 42.2. The molecule has 0 saturated carbocycles. The van der Waals surface area contributed by atoms with Crippen LogP contribution in [0, 0.1) is 69.2 Å². The van der Waals surface area contributed by atoms with E-state index in [-0.39, 0.29) is 0 Å². The van der Waals surface area contributed by atoms with Crippen molar-refractivity contribution in [2.24, 2.45) is 0 Å². The minimum Gasteiger partial charge on any atom is -0.125 e.